The molecule has 0 saturated carbocycles. The summed E-state index contributed by atoms with van der Waals surface area (Å²) in [6.07, 6.45) is -34.2. The number of hydrogen-bond donors (Lipinski definition) is 24. The number of nitrogens with zero attached hydrogens (tertiary/aromatic N) is 3. The molecule has 49 heteroatoms. The molecule has 0 radical (unpaired) electrons. The number of nitrogens with one attached hydrogen (secondary N) is 8. The lowest BCUT2D eigenvalue weighted by molar-refractivity contribution is -0.366. The maximum atomic E-state index is 13.4. The molecule has 24 N–H and O–H groups in total. The number of hydroxylamine groups is 2. The zero-order chi connectivity index (χ0) is 91.1. The van der Waals surface area contributed by atoms with Crippen LogP contribution in [0.1, 0.15) is 123 Å². The molecular weight excluding hydrogens is 1660 g/mol. The van der Waals surface area contributed by atoms with Crippen LogP contribution in [0.2, 0.25) is 0 Å². The maximum Gasteiger partial charge on any atom is 0.333 e. The summed E-state index contributed by atoms with van der Waals surface area (Å²) in [6, 6.07) is 0. The second-order valence-corrected chi connectivity index (χ2v) is 31.0. The van der Waals surface area contributed by atoms with Gasteiger partial charge in [0.25, 0.3) is 11.8 Å². The van der Waals surface area contributed by atoms with Crippen LogP contribution in [0.3, 0.4) is 0 Å². The van der Waals surface area contributed by atoms with E-state index in [1.165, 1.54) is 23.6 Å². The van der Waals surface area contributed by atoms with Crippen LogP contribution in [0, 0.1) is 0 Å². The first-order valence-corrected chi connectivity index (χ1v) is 41.9. The summed E-state index contributed by atoms with van der Waals surface area (Å²) in [5.41, 5.74) is 0. The normalized spacial score (nSPS) is 30.8. The molecule has 10 amide bonds. The zero-order valence-corrected chi connectivity index (χ0v) is 69.6. The molecule has 49 nitrogen and oxygen atoms in total. The van der Waals surface area contributed by atoms with Crippen molar-refractivity contribution >= 4 is 65.0 Å². The van der Waals surface area contributed by atoms with Gasteiger partial charge in [0.2, 0.25) is 47.3 Å². The SMILES string of the molecule is C[C@@H]1O[C@@H](OCCNC(=O)CCCCCNC(=O)CN(CC(=O)NCCCCCNC(=O)CN(CC(=O)NCCCCCC(=O)NCCO[C@H]2O[C@H](CO[C@H]3O[C@H](CO)[C@@H](O)[C@H](O)[C@@H]3O)[C@@H](O)[C@H](O[C@H]3O[C@H](CO)[C@@H](O)[C@H](O)[C@@H]3O)[C@@H]2O)CC(=O)NCCCCCC(=O)ON2C(=O)CCC2=O)CC(=O)NCCO[C@@H]2O[C@@H](C)[C@@H](O)[C@@H](O)[C@@H]2O)[C@@H](O)[C@H](O)[C@@H]1O. The van der Waals surface area contributed by atoms with Crippen LogP contribution in [-0.4, -0.2) is 446 Å². The van der Waals surface area contributed by atoms with E-state index < -0.39 is 265 Å². The van der Waals surface area contributed by atoms with E-state index in [-0.39, 0.29) is 117 Å². The van der Waals surface area contributed by atoms with E-state index in [2.05, 4.69) is 42.5 Å². The van der Waals surface area contributed by atoms with Crippen molar-refractivity contribution < 1.29 is 187 Å². The lowest BCUT2D eigenvalue weighted by Crippen LogP contribution is -2.65. The molecule has 0 spiro atoms. The average molecular weight is 1790 g/mol. The first kappa shape index (κ1) is 106. The average Bonchev–Trinajstić information content (AvgIpc) is 1.00. The Morgan fingerprint density at radius 3 is 1.00 bits per heavy atom. The number of unbranched alkanes of at least 4 members (excludes halogenated alkanes) is 8. The number of hydrogen-bond acceptors (Lipinski definition) is 40. The van der Waals surface area contributed by atoms with Crippen molar-refractivity contribution in [1.29, 1.82) is 0 Å². The molecule has 0 unspecified atom stereocenters. The molecule has 0 bridgehead atoms. The summed E-state index contributed by atoms with van der Waals surface area (Å²) >= 11 is 0. The second-order valence-electron chi connectivity index (χ2n) is 31.0. The second kappa shape index (κ2) is 55.9. The summed E-state index contributed by atoms with van der Waals surface area (Å²) < 4.78 is 55.3. The van der Waals surface area contributed by atoms with Crippen molar-refractivity contribution in [3.05, 3.63) is 0 Å². The Kier molecular flexibility index (Phi) is 47.8. The van der Waals surface area contributed by atoms with Gasteiger partial charge in [0.15, 0.2) is 31.5 Å². The Hall–Kier alpha value is -6.75. The Bertz CT molecular complexity index is 3260. The number of imide groups is 1. The van der Waals surface area contributed by atoms with Gasteiger partial charge in [-0.1, -0.05) is 19.3 Å². The van der Waals surface area contributed by atoms with Crippen LogP contribution in [0.25, 0.3) is 0 Å². The van der Waals surface area contributed by atoms with Gasteiger partial charge < -0.3 is 176 Å². The van der Waals surface area contributed by atoms with Gasteiger partial charge in [-0.05, 0) is 71.6 Å². The van der Waals surface area contributed by atoms with E-state index in [1.807, 2.05) is 0 Å². The smallest absolute Gasteiger partial charge is 0.333 e. The third-order valence-electron chi connectivity index (χ3n) is 20.9. The molecule has 0 aromatic rings. The van der Waals surface area contributed by atoms with Crippen LogP contribution >= 0.6 is 0 Å². The molecule has 6 heterocycles. The van der Waals surface area contributed by atoms with E-state index >= 15 is 0 Å². The van der Waals surface area contributed by atoms with Gasteiger partial charge in [0, 0.05) is 84.5 Å². The van der Waals surface area contributed by atoms with Crippen LogP contribution < -0.4 is 42.5 Å². The van der Waals surface area contributed by atoms with Gasteiger partial charge in [-0.3, -0.25) is 57.7 Å². The summed E-state index contributed by atoms with van der Waals surface area (Å²) in [5, 5.41) is 187. The monoisotopic (exact) mass is 1790 g/mol. The van der Waals surface area contributed by atoms with Crippen LogP contribution in [0.4, 0.5) is 0 Å². The third kappa shape index (κ3) is 35.7. The number of ether oxygens (including phenoxy) is 10. The predicted molar refractivity (Wildman–Crippen MR) is 415 cm³/mol. The van der Waals surface area contributed by atoms with Gasteiger partial charge >= 0.3 is 5.97 Å². The highest BCUT2D eigenvalue weighted by molar-refractivity contribution is 6.01. The third-order valence-corrected chi connectivity index (χ3v) is 20.9. The fraction of sp³-hybridized carbons (Fsp3) is 0.853. The molecule has 712 valence electrons. The van der Waals surface area contributed by atoms with Crippen molar-refractivity contribution in [2.75, 3.05) is 131 Å². The van der Waals surface area contributed by atoms with E-state index in [4.69, 9.17) is 52.2 Å². The fourth-order valence-electron chi connectivity index (χ4n) is 13.6. The minimum atomic E-state index is -1.98. The molecule has 0 aliphatic carbocycles. The number of aliphatic hydroxyl groups is 16. The first-order chi connectivity index (χ1) is 59.1. The zero-order valence-electron chi connectivity index (χ0n) is 69.6. The molecule has 25 atom stereocenters. The first-order valence-electron chi connectivity index (χ1n) is 41.9. The highest BCUT2D eigenvalue weighted by Gasteiger charge is 2.53. The lowest BCUT2D eigenvalue weighted by atomic mass is 9.96. The summed E-state index contributed by atoms with van der Waals surface area (Å²) in [7, 11) is 0. The summed E-state index contributed by atoms with van der Waals surface area (Å²) in [6.45, 7) is -1.77. The van der Waals surface area contributed by atoms with Gasteiger partial charge in [0.1, 0.15) is 110 Å². The topological polar surface area (TPSA) is 719 Å². The number of aliphatic hydroxyl groups excluding tert-OH is 16. The van der Waals surface area contributed by atoms with Crippen LogP contribution in [-0.2, 0) is 105 Å². The molecule has 6 fully saturated rings. The lowest BCUT2D eigenvalue weighted by Gasteiger charge is -2.46. The van der Waals surface area contributed by atoms with Gasteiger partial charge in [-0.25, -0.2) is 4.79 Å². The standard InChI is InChI=1S/C75H129N11O38/c1-40-56(100)61(105)65(109)71(118-40)114-28-25-81-45(89)15-7-3-11-21-77-49(93)34-85(36-52(96)83-27-30-115-72-66(110)62(106)57(101)41(2)119-72)35-51(95)80-24-14-6-13-23-79-50(94)33-84(32-48(92)78-22-12-5-9-17-55(99)124-86-53(97)18-19-54(86)98)31-47(91)76-20-10-4-8-16-46(90)82-26-29-116-74-69(113)70(123-75-68(112)64(108)59(103)43(38-88)121-75)60(104)44(122-74)39-117-73-67(111)63(107)58(102)42(37-87)120-73/h40-44,56-75,87-88,100-113H,3-39H2,1-2H3,(H,76,91)(H,77,93)(H,78,92)(H,79,94)(H,80,95)(H,81,89)(H,82,90)(H,83,96)/t40-,41-,42+,43+,44+,56+,57+,58+,59+,60+,61+,62+,63-,64-,65-,66-,67-,68-,69-,70-,71+,72+,73-,74-,75+/m0/s1. The van der Waals surface area contributed by atoms with Crippen molar-refractivity contribution in [3.8, 4) is 0 Å². The van der Waals surface area contributed by atoms with Crippen molar-refractivity contribution in [2.45, 2.75) is 277 Å². The Morgan fingerprint density at radius 2 is 0.629 bits per heavy atom. The Labute approximate surface area is 714 Å². The van der Waals surface area contributed by atoms with Crippen molar-refractivity contribution in [3.63, 3.8) is 0 Å². The molecule has 124 heavy (non-hydrogen) atoms. The highest BCUT2D eigenvalue weighted by atomic mass is 16.8. The summed E-state index contributed by atoms with van der Waals surface area (Å²) in [5.74, 6) is -6.01. The van der Waals surface area contributed by atoms with Gasteiger partial charge in [0.05, 0.1) is 91.1 Å². The molecule has 0 aromatic heterocycles. The molecule has 6 aliphatic heterocycles. The van der Waals surface area contributed by atoms with Gasteiger partial charge in [-0.15, -0.1) is 5.06 Å². The molecular formula is C75H129N11O38. The molecule has 6 aliphatic rings. The molecule has 6 rings (SSSR count). The van der Waals surface area contributed by atoms with E-state index in [9.17, 15) is 134 Å². The Morgan fingerprint density at radius 1 is 0.331 bits per heavy atom. The Balaban J connectivity index is 0.914. The van der Waals surface area contributed by atoms with Crippen LogP contribution in [0.15, 0.2) is 0 Å². The van der Waals surface area contributed by atoms with Gasteiger partial charge in [-0.2, -0.15) is 0 Å². The van der Waals surface area contributed by atoms with Crippen molar-refractivity contribution in [2.24, 2.45) is 0 Å². The minimum Gasteiger partial charge on any atom is -0.394 e. The molecule has 0 aromatic carbocycles. The number of rotatable bonds is 56. The number of carbonyl (C=O) groups excluding carboxylic acids is 11. The van der Waals surface area contributed by atoms with Crippen molar-refractivity contribution in [1.82, 2.24) is 57.4 Å². The minimum absolute atomic E-state index is 0.00629. The van der Waals surface area contributed by atoms with E-state index in [0.717, 1.165) is 0 Å². The highest BCUT2D eigenvalue weighted by Crippen LogP contribution is 2.32. The van der Waals surface area contributed by atoms with Crippen LogP contribution in [0.5, 0.6) is 0 Å². The maximum absolute atomic E-state index is 13.4. The number of amides is 10. The van der Waals surface area contributed by atoms with E-state index in [0.29, 0.717) is 82.1 Å². The molecule has 6 saturated heterocycles. The fourth-order valence-corrected chi connectivity index (χ4v) is 13.6. The number of carbonyl (C=O) groups is 11. The quantitative estimate of drug-likeness (QED) is 0.0199. The summed E-state index contributed by atoms with van der Waals surface area (Å²) in [4.78, 5) is 148. The predicted octanol–water partition coefficient (Wildman–Crippen LogP) is -12.9. The largest absolute Gasteiger partial charge is 0.394 e. The van der Waals surface area contributed by atoms with E-state index in [1.54, 1.807) is 0 Å².